The van der Waals surface area contributed by atoms with Gasteiger partial charge in [0.2, 0.25) is 0 Å². The van der Waals surface area contributed by atoms with Crippen molar-refractivity contribution in [2.45, 2.75) is 0 Å². The van der Waals surface area contributed by atoms with Gasteiger partial charge in [0, 0.05) is 13.7 Å². The van der Waals surface area contributed by atoms with Gasteiger partial charge < -0.3 is 5.32 Å². The van der Waals surface area contributed by atoms with Gasteiger partial charge in [0.25, 0.3) is 5.91 Å². The normalized spacial score (nSPS) is 10.8. The van der Waals surface area contributed by atoms with E-state index in [4.69, 9.17) is 5.26 Å². The van der Waals surface area contributed by atoms with Gasteiger partial charge in [0.1, 0.15) is 11.6 Å². The first-order valence-corrected chi connectivity index (χ1v) is 7.90. The second-order valence-corrected chi connectivity index (χ2v) is 6.34. The molecule has 2 aromatic carbocycles. The lowest BCUT2D eigenvalue weighted by atomic mass is 10.1. The third-order valence-corrected chi connectivity index (χ3v) is 3.90. The van der Waals surface area contributed by atoms with E-state index in [-0.39, 0.29) is 5.57 Å². The maximum absolute atomic E-state index is 12.1. The summed E-state index contributed by atoms with van der Waals surface area (Å²) >= 11 is 5.53. The highest BCUT2D eigenvalue weighted by atomic mass is 127. The van der Waals surface area contributed by atoms with Crippen LogP contribution < -0.4 is 5.32 Å². The molecule has 0 fully saturated rings. The van der Waals surface area contributed by atoms with Crippen LogP contribution in [0.25, 0.3) is 6.08 Å². The van der Waals surface area contributed by atoms with Gasteiger partial charge in [-0.15, -0.1) is 0 Å². The van der Waals surface area contributed by atoms with Crippen LogP contribution in [-0.4, -0.2) is 5.91 Å². The summed E-state index contributed by atoms with van der Waals surface area (Å²) in [4.78, 5) is 12.1. The average molecular weight is 453 g/mol. The third kappa shape index (κ3) is 4.69. The van der Waals surface area contributed by atoms with E-state index >= 15 is 0 Å². The molecule has 0 radical (unpaired) electrons. The van der Waals surface area contributed by atoms with E-state index in [0.717, 1.165) is 13.6 Å². The minimum Gasteiger partial charge on any atom is -0.321 e. The van der Waals surface area contributed by atoms with Crippen molar-refractivity contribution in [2.75, 3.05) is 5.32 Å². The molecule has 0 aromatic heterocycles. The van der Waals surface area contributed by atoms with Gasteiger partial charge in [0.05, 0.1) is 0 Å². The van der Waals surface area contributed by atoms with Crippen molar-refractivity contribution in [3.05, 3.63) is 67.7 Å². The Labute approximate surface area is 144 Å². The number of nitrogens with zero attached hydrogens (tertiary/aromatic N) is 1. The zero-order valence-electron chi connectivity index (χ0n) is 10.8. The minimum absolute atomic E-state index is 0.0686. The smallest absolute Gasteiger partial charge is 0.266 e. The van der Waals surface area contributed by atoms with Crippen LogP contribution in [0.5, 0.6) is 0 Å². The number of amides is 1. The summed E-state index contributed by atoms with van der Waals surface area (Å²) in [5.41, 5.74) is 1.53. The molecule has 21 heavy (non-hydrogen) atoms. The van der Waals surface area contributed by atoms with Gasteiger partial charge in [0.15, 0.2) is 0 Å². The molecule has 0 aliphatic carbocycles. The molecule has 3 nitrogen and oxygen atoms in total. The number of carbonyl (C=O) groups excluding carboxylic acids is 1. The van der Waals surface area contributed by atoms with Gasteiger partial charge in [-0.2, -0.15) is 5.26 Å². The highest BCUT2D eigenvalue weighted by molar-refractivity contribution is 14.1. The number of hydrogen-bond donors (Lipinski definition) is 1. The highest BCUT2D eigenvalue weighted by Crippen LogP contribution is 2.16. The SMILES string of the molecule is N#C/C(=C/c1ccc(I)cc1)C(=O)Nc1ccc(Br)cc1. The zero-order chi connectivity index (χ0) is 15.2. The molecule has 0 aliphatic rings. The maximum atomic E-state index is 12.1. The second kappa shape index (κ2) is 7.38. The van der Waals surface area contributed by atoms with Gasteiger partial charge >= 0.3 is 0 Å². The lowest BCUT2D eigenvalue weighted by Gasteiger charge is -2.04. The first-order valence-electron chi connectivity index (χ1n) is 6.03. The summed E-state index contributed by atoms with van der Waals surface area (Å²) in [7, 11) is 0. The van der Waals surface area contributed by atoms with Gasteiger partial charge in [-0.3, -0.25) is 4.79 Å². The molecule has 0 atom stereocenters. The molecule has 0 saturated carbocycles. The van der Waals surface area contributed by atoms with Crippen LogP contribution in [-0.2, 0) is 4.79 Å². The monoisotopic (exact) mass is 452 g/mol. The first-order chi connectivity index (χ1) is 10.1. The van der Waals surface area contributed by atoms with Crippen molar-refractivity contribution in [3.8, 4) is 6.07 Å². The standard InChI is InChI=1S/C16H10BrIN2O/c17-13-3-7-15(8-4-13)20-16(21)12(10-19)9-11-1-5-14(18)6-2-11/h1-9H,(H,20,21)/b12-9-. The number of nitrogens with one attached hydrogen (secondary N) is 1. The van der Waals surface area contributed by atoms with Crippen molar-refractivity contribution >= 4 is 56.2 Å². The number of halogens is 2. The minimum atomic E-state index is -0.418. The summed E-state index contributed by atoms with van der Waals surface area (Å²) < 4.78 is 2.03. The molecule has 2 rings (SSSR count). The molecule has 0 bridgehead atoms. The highest BCUT2D eigenvalue weighted by Gasteiger charge is 2.09. The molecular weight excluding hydrogens is 443 g/mol. The maximum Gasteiger partial charge on any atom is 0.266 e. The van der Waals surface area contributed by atoms with Crippen molar-refractivity contribution in [1.29, 1.82) is 5.26 Å². The van der Waals surface area contributed by atoms with Crippen LogP contribution in [0.15, 0.2) is 58.6 Å². The lowest BCUT2D eigenvalue weighted by molar-refractivity contribution is -0.112. The van der Waals surface area contributed by atoms with Crippen LogP contribution in [0.2, 0.25) is 0 Å². The van der Waals surface area contributed by atoms with E-state index < -0.39 is 5.91 Å². The molecule has 2 aromatic rings. The number of anilines is 1. The van der Waals surface area contributed by atoms with Crippen LogP contribution in [0, 0.1) is 14.9 Å². The Bertz CT molecular complexity index is 715. The Morgan fingerprint density at radius 1 is 1.14 bits per heavy atom. The number of carbonyl (C=O) groups is 1. The number of hydrogen-bond acceptors (Lipinski definition) is 2. The zero-order valence-corrected chi connectivity index (χ0v) is 14.6. The van der Waals surface area contributed by atoms with Gasteiger partial charge in [-0.25, -0.2) is 0 Å². The second-order valence-electron chi connectivity index (χ2n) is 4.18. The Hall–Kier alpha value is -1.65. The average Bonchev–Trinajstić information content (AvgIpc) is 2.49. The van der Waals surface area contributed by atoms with Crippen LogP contribution in [0.1, 0.15) is 5.56 Å². The van der Waals surface area contributed by atoms with Crippen LogP contribution in [0.3, 0.4) is 0 Å². The lowest BCUT2D eigenvalue weighted by Crippen LogP contribution is -2.13. The molecule has 1 amide bonds. The van der Waals surface area contributed by atoms with E-state index in [1.165, 1.54) is 0 Å². The molecular formula is C16H10BrIN2O. The summed E-state index contributed by atoms with van der Waals surface area (Å²) in [5, 5.41) is 11.8. The van der Waals surface area contributed by atoms with Crippen molar-refractivity contribution in [2.24, 2.45) is 0 Å². The van der Waals surface area contributed by atoms with Crippen LogP contribution >= 0.6 is 38.5 Å². The fourth-order valence-electron chi connectivity index (χ4n) is 1.61. The number of rotatable bonds is 3. The molecule has 0 aliphatic heterocycles. The fraction of sp³-hybridized carbons (Fsp3) is 0. The predicted octanol–water partition coefficient (Wildman–Crippen LogP) is 4.60. The quantitative estimate of drug-likeness (QED) is 0.420. The predicted molar refractivity (Wildman–Crippen MR) is 95.5 cm³/mol. The third-order valence-electron chi connectivity index (χ3n) is 2.65. The van der Waals surface area contributed by atoms with Gasteiger partial charge in [-0.05, 0) is 70.6 Å². The van der Waals surface area contributed by atoms with Crippen molar-refractivity contribution in [1.82, 2.24) is 0 Å². The molecule has 104 valence electrons. The molecule has 0 unspecified atom stereocenters. The van der Waals surface area contributed by atoms with Crippen molar-refractivity contribution in [3.63, 3.8) is 0 Å². The number of nitriles is 1. The fourth-order valence-corrected chi connectivity index (χ4v) is 2.23. The molecule has 0 saturated heterocycles. The van der Waals surface area contributed by atoms with Crippen LogP contribution in [0.4, 0.5) is 5.69 Å². The Morgan fingerprint density at radius 2 is 1.76 bits per heavy atom. The van der Waals surface area contributed by atoms with E-state index in [1.807, 2.05) is 42.5 Å². The van der Waals surface area contributed by atoms with Gasteiger partial charge in [-0.1, -0.05) is 28.1 Å². The Morgan fingerprint density at radius 3 is 2.33 bits per heavy atom. The Balaban J connectivity index is 2.17. The van der Waals surface area contributed by atoms with Crippen molar-refractivity contribution < 1.29 is 4.79 Å². The van der Waals surface area contributed by atoms with E-state index in [0.29, 0.717) is 5.69 Å². The van der Waals surface area contributed by atoms with E-state index in [9.17, 15) is 4.79 Å². The largest absolute Gasteiger partial charge is 0.321 e. The molecule has 5 heteroatoms. The molecule has 0 heterocycles. The topological polar surface area (TPSA) is 52.9 Å². The Kier molecular flexibility index (Phi) is 5.53. The number of benzene rings is 2. The summed E-state index contributed by atoms with van der Waals surface area (Å²) in [5.74, 6) is -0.418. The molecule has 0 spiro atoms. The molecule has 1 N–H and O–H groups in total. The summed E-state index contributed by atoms with van der Waals surface area (Å²) in [6.07, 6.45) is 1.57. The summed E-state index contributed by atoms with van der Waals surface area (Å²) in [6, 6.07) is 16.7. The van der Waals surface area contributed by atoms with E-state index in [1.54, 1.807) is 18.2 Å². The summed E-state index contributed by atoms with van der Waals surface area (Å²) in [6.45, 7) is 0. The first kappa shape index (κ1) is 15.7. The van der Waals surface area contributed by atoms with E-state index in [2.05, 4.69) is 43.8 Å².